The minimum atomic E-state index is 0.494. The molecule has 16 heavy (non-hydrogen) atoms. The number of benzene rings is 1. The lowest BCUT2D eigenvalue weighted by Crippen LogP contribution is -2.45. The number of allylic oxidation sites excluding steroid dienone is 1. The first kappa shape index (κ1) is 9.91. The zero-order valence-corrected chi connectivity index (χ0v) is 9.45. The Bertz CT molecular complexity index is 383. The van der Waals surface area contributed by atoms with Crippen LogP contribution >= 0.6 is 0 Å². The highest BCUT2D eigenvalue weighted by molar-refractivity contribution is 5.25. The number of hydrogen-bond acceptors (Lipinski definition) is 2. The number of hydrogen-bond donors (Lipinski definition) is 2. The third-order valence-corrected chi connectivity index (χ3v) is 3.66. The molecule has 0 bridgehead atoms. The van der Waals surface area contributed by atoms with Gasteiger partial charge in [-0.2, -0.15) is 0 Å². The lowest BCUT2D eigenvalue weighted by Gasteiger charge is -2.38. The van der Waals surface area contributed by atoms with Crippen molar-refractivity contribution in [1.82, 2.24) is 10.6 Å². The summed E-state index contributed by atoms with van der Waals surface area (Å²) in [5.41, 5.74) is 2.88. The summed E-state index contributed by atoms with van der Waals surface area (Å²) in [5.74, 6) is 0.643. The van der Waals surface area contributed by atoms with E-state index in [1.54, 1.807) is 0 Å². The zero-order chi connectivity index (χ0) is 10.8. The van der Waals surface area contributed by atoms with Crippen LogP contribution in [-0.2, 0) is 0 Å². The van der Waals surface area contributed by atoms with Gasteiger partial charge in [0.2, 0.25) is 0 Å². The maximum atomic E-state index is 3.58. The van der Waals surface area contributed by atoms with E-state index in [4.69, 9.17) is 0 Å². The molecule has 2 aliphatic rings. The molecule has 0 amide bonds. The molecule has 1 aliphatic heterocycles. The second-order valence-corrected chi connectivity index (χ2v) is 4.64. The first-order valence-corrected chi connectivity index (χ1v) is 6.17. The Balaban J connectivity index is 1.90. The molecule has 0 radical (unpaired) electrons. The topological polar surface area (TPSA) is 24.1 Å². The van der Waals surface area contributed by atoms with Gasteiger partial charge in [0, 0.05) is 17.7 Å². The SMILES string of the molecule is C1=C2NCNC(c3ccccc3)C2CCC1. The maximum Gasteiger partial charge on any atom is 0.0655 e. The van der Waals surface area contributed by atoms with Crippen molar-refractivity contribution in [3.8, 4) is 0 Å². The number of nitrogens with one attached hydrogen (secondary N) is 2. The van der Waals surface area contributed by atoms with Gasteiger partial charge in [-0.25, -0.2) is 0 Å². The van der Waals surface area contributed by atoms with Gasteiger partial charge in [-0.1, -0.05) is 36.4 Å². The van der Waals surface area contributed by atoms with E-state index in [0.717, 1.165) is 6.67 Å². The van der Waals surface area contributed by atoms with Crippen LogP contribution in [0.2, 0.25) is 0 Å². The van der Waals surface area contributed by atoms with Gasteiger partial charge in [0.15, 0.2) is 0 Å². The molecule has 1 aliphatic carbocycles. The largest absolute Gasteiger partial charge is 0.376 e. The van der Waals surface area contributed by atoms with Crippen LogP contribution in [-0.4, -0.2) is 6.67 Å². The third kappa shape index (κ3) is 1.74. The van der Waals surface area contributed by atoms with Gasteiger partial charge in [0.25, 0.3) is 0 Å². The van der Waals surface area contributed by atoms with E-state index in [0.29, 0.717) is 12.0 Å². The standard InChI is InChI=1S/C14H18N2/c1-2-6-11(7-3-1)14-12-8-4-5-9-13(12)15-10-16-14/h1-3,6-7,9,12,14-16H,4-5,8,10H2. The van der Waals surface area contributed by atoms with Crippen LogP contribution in [0.25, 0.3) is 0 Å². The third-order valence-electron chi connectivity index (χ3n) is 3.66. The van der Waals surface area contributed by atoms with Crippen LogP contribution in [0.4, 0.5) is 0 Å². The Morgan fingerprint density at radius 2 is 2.00 bits per heavy atom. The van der Waals surface area contributed by atoms with Gasteiger partial charge in [-0.3, -0.25) is 5.32 Å². The molecule has 1 saturated heterocycles. The highest BCUT2D eigenvalue weighted by atomic mass is 15.1. The van der Waals surface area contributed by atoms with Crippen molar-refractivity contribution in [2.24, 2.45) is 5.92 Å². The van der Waals surface area contributed by atoms with Gasteiger partial charge in [-0.15, -0.1) is 0 Å². The number of fused-ring (bicyclic) bond motifs is 1. The summed E-state index contributed by atoms with van der Waals surface area (Å²) in [6.45, 7) is 0.891. The van der Waals surface area contributed by atoms with E-state index in [2.05, 4.69) is 47.0 Å². The number of rotatable bonds is 1. The quantitative estimate of drug-likeness (QED) is 0.750. The fourth-order valence-electron chi connectivity index (χ4n) is 2.87. The van der Waals surface area contributed by atoms with E-state index in [-0.39, 0.29) is 0 Å². The Kier molecular flexibility index (Phi) is 2.66. The normalized spacial score (nSPS) is 28.9. The molecule has 0 spiro atoms. The van der Waals surface area contributed by atoms with Crippen LogP contribution in [0.5, 0.6) is 0 Å². The predicted octanol–water partition coefficient (Wildman–Crippen LogP) is 2.56. The summed E-state index contributed by atoms with van der Waals surface area (Å²) in [5, 5.41) is 7.05. The maximum absolute atomic E-state index is 3.58. The molecule has 1 heterocycles. The Labute approximate surface area is 96.7 Å². The van der Waals surface area contributed by atoms with Crippen molar-refractivity contribution >= 4 is 0 Å². The average Bonchev–Trinajstić information content (AvgIpc) is 2.39. The minimum absolute atomic E-state index is 0.494. The van der Waals surface area contributed by atoms with Crippen molar-refractivity contribution < 1.29 is 0 Å². The van der Waals surface area contributed by atoms with Crippen molar-refractivity contribution in [2.45, 2.75) is 25.3 Å². The van der Waals surface area contributed by atoms with Gasteiger partial charge < -0.3 is 5.32 Å². The lowest BCUT2D eigenvalue weighted by molar-refractivity contribution is 0.301. The Morgan fingerprint density at radius 1 is 1.12 bits per heavy atom. The molecule has 1 fully saturated rings. The average molecular weight is 214 g/mol. The molecule has 2 nitrogen and oxygen atoms in total. The molecule has 2 heteroatoms. The van der Waals surface area contributed by atoms with Crippen molar-refractivity contribution in [1.29, 1.82) is 0 Å². The van der Waals surface area contributed by atoms with Gasteiger partial charge >= 0.3 is 0 Å². The summed E-state index contributed by atoms with van der Waals surface area (Å²) in [7, 11) is 0. The summed E-state index contributed by atoms with van der Waals surface area (Å²) in [6, 6.07) is 11.3. The molecular weight excluding hydrogens is 196 g/mol. The molecule has 2 unspecified atom stereocenters. The van der Waals surface area contributed by atoms with Crippen LogP contribution in [0.3, 0.4) is 0 Å². The Hall–Kier alpha value is -1.28. The van der Waals surface area contributed by atoms with Crippen molar-refractivity contribution in [3.05, 3.63) is 47.7 Å². The summed E-state index contributed by atoms with van der Waals surface area (Å²) < 4.78 is 0. The van der Waals surface area contributed by atoms with Gasteiger partial charge in [0.05, 0.1) is 6.67 Å². The molecule has 2 N–H and O–H groups in total. The van der Waals surface area contributed by atoms with Crippen LogP contribution in [0, 0.1) is 5.92 Å². The first-order chi connectivity index (χ1) is 7.95. The predicted molar refractivity (Wildman–Crippen MR) is 65.7 cm³/mol. The second kappa shape index (κ2) is 4.30. The van der Waals surface area contributed by atoms with Gasteiger partial charge in [-0.05, 0) is 24.8 Å². The van der Waals surface area contributed by atoms with Crippen LogP contribution in [0.1, 0.15) is 30.9 Å². The monoisotopic (exact) mass is 214 g/mol. The van der Waals surface area contributed by atoms with E-state index < -0.39 is 0 Å². The van der Waals surface area contributed by atoms with Crippen molar-refractivity contribution in [3.63, 3.8) is 0 Å². The lowest BCUT2D eigenvalue weighted by atomic mass is 9.82. The molecule has 2 atom stereocenters. The Morgan fingerprint density at radius 3 is 2.88 bits per heavy atom. The minimum Gasteiger partial charge on any atom is -0.376 e. The fraction of sp³-hybridized carbons (Fsp3) is 0.429. The highest BCUT2D eigenvalue weighted by Crippen LogP contribution is 2.35. The molecule has 0 aromatic heterocycles. The zero-order valence-electron chi connectivity index (χ0n) is 9.45. The van der Waals surface area contributed by atoms with Gasteiger partial charge in [0.1, 0.15) is 0 Å². The van der Waals surface area contributed by atoms with Crippen LogP contribution < -0.4 is 10.6 Å². The first-order valence-electron chi connectivity index (χ1n) is 6.17. The van der Waals surface area contributed by atoms with Crippen LogP contribution in [0.15, 0.2) is 42.1 Å². The summed E-state index contributed by atoms with van der Waals surface area (Å²) in [6.07, 6.45) is 6.23. The molecule has 3 rings (SSSR count). The molecule has 1 aromatic carbocycles. The summed E-state index contributed by atoms with van der Waals surface area (Å²) >= 11 is 0. The molecule has 0 saturated carbocycles. The fourth-order valence-corrected chi connectivity index (χ4v) is 2.87. The second-order valence-electron chi connectivity index (χ2n) is 4.64. The molecular formula is C14H18N2. The highest BCUT2D eigenvalue weighted by Gasteiger charge is 2.30. The van der Waals surface area contributed by atoms with E-state index in [1.165, 1.54) is 30.5 Å². The smallest absolute Gasteiger partial charge is 0.0655 e. The molecule has 84 valence electrons. The van der Waals surface area contributed by atoms with E-state index >= 15 is 0 Å². The summed E-state index contributed by atoms with van der Waals surface area (Å²) in [4.78, 5) is 0. The van der Waals surface area contributed by atoms with Crippen molar-refractivity contribution in [2.75, 3.05) is 6.67 Å². The molecule has 1 aromatic rings. The van der Waals surface area contributed by atoms with E-state index in [9.17, 15) is 0 Å². The van der Waals surface area contributed by atoms with E-state index in [1.807, 2.05) is 0 Å².